The molecule has 0 aliphatic rings. The number of fused-ring (bicyclic) bond motifs is 1. The summed E-state index contributed by atoms with van der Waals surface area (Å²) in [4.78, 5) is 16.5. The quantitative estimate of drug-likeness (QED) is 0.228. The van der Waals surface area contributed by atoms with Gasteiger partial charge in [0.05, 0.1) is 19.7 Å². The molecule has 0 saturated carbocycles. The summed E-state index contributed by atoms with van der Waals surface area (Å²) in [7, 11) is 3.17. The van der Waals surface area contributed by atoms with Crippen molar-refractivity contribution in [2.45, 2.75) is 20.3 Å². The summed E-state index contributed by atoms with van der Waals surface area (Å²) in [5, 5.41) is 6.55. The molecule has 0 unspecified atom stereocenters. The fourth-order valence-corrected chi connectivity index (χ4v) is 3.47. The monoisotopic (exact) mass is 507 g/mol. The molecular formula is C27H29N3O5S. The number of benzene rings is 2. The van der Waals surface area contributed by atoms with Crippen molar-refractivity contribution in [3.05, 3.63) is 78.3 Å². The average molecular weight is 508 g/mol. The zero-order chi connectivity index (χ0) is 25.9. The summed E-state index contributed by atoms with van der Waals surface area (Å²) < 4.78 is 22.4. The van der Waals surface area contributed by atoms with E-state index in [4.69, 9.17) is 31.2 Å². The van der Waals surface area contributed by atoms with Crippen LogP contribution in [-0.2, 0) is 4.79 Å². The van der Waals surface area contributed by atoms with Gasteiger partial charge in [-0.2, -0.15) is 0 Å². The van der Waals surface area contributed by atoms with Crippen LogP contribution in [0.5, 0.6) is 23.0 Å². The van der Waals surface area contributed by atoms with Gasteiger partial charge in [-0.15, -0.1) is 0 Å². The van der Waals surface area contributed by atoms with Crippen molar-refractivity contribution in [2.75, 3.05) is 20.8 Å². The van der Waals surface area contributed by atoms with Crippen LogP contribution in [0.25, 0.3) is 10.9 Å². The van der Waals surface area contributed by atoms with Crippen LogP contribution in [0.4, 0.5) is 0 Å². The highest BCUT2D eigenvalue weighted by molar-refractivity contribution is 7.80. The molecule has 0 atom stereocenters. The number of amides is 1. The molecule has 0 aliphatic carbocycles. The van der Waals surface area contributed by atoms with Crippen molar-refractivity contribution in [2.24, 2.45) is 0 Å². The number of hydrogen-bond acceptors (Lipinski definition) is 7. The first-order valence-corrected chi connectivity index (χ1v) is 11.7. The Kier molecular flexibility index (Phi) is 9.64. The zero-order valence-corrected chi connectivity index (χ0v) is 21.5. The van der Waals surface area contributed by atoms with Crippen molar-refractivity contribution < 1.29 is 23.7 Å². The second-order valence-corrected chi connectivity index (χ2v) is 7.98. The molecule has 0 bridgehead atoms. The van der Waals surface area contributed by atoms with Crippen LogP contribution in [0.3, 0.4) is 0 Å². The number of nitrogens with zero attached hydrogens (tertiary/aromatic N) is 1. The van der Waals surface area contributed by atoms with Gasteiger partial charge >= 0.3 is 0 Å². The Morgan fingerprint density at radius 3 is 2.42 bits per heavy atom. The molecule has 9 heteroatoms. The fourth-order valence-electron chi connectivity index (χ4n) is 3.20. The van der Waals surface area contributed by atoms with Crippen molar-refractivity contribution in [1.82, 2.24) is 15.6 Å². The fraction of sp³-hybridized carbons (Fsp3) is 0.222. The molecule has 0 spiro atoms. The summed E-state index contributed by atoms with van der Waals surface area (Å²) in [6, 6.07) is 14.5. The first kappa shape index (κ1) is 26.5. The zero-order valence-electron chi connectivity index (χ0n) is 20.7. The minimum Gasteiger partial charge on any atom is -0.493 e. The van der Waals surface area contributed by atoms with Crippen LogP contribution in [0.1, 0.15) is 20.3 Å². The molecule has 0 saturated heterocycles. The number of pyridine rings is 1. The highest BCUT2D eigenvalue weighted by Crippen LogP contribution is 2.36. The maximum Gasteiger partial charge on any atom is 0.264 e. The van der Waals surface area contributed by atoms with Crippen molar-refractivity contribution >= 4 is 34.1 Å². The largest absolute Gasteiger partial charge is 0.493 e. The third kappa shape index (κ3) is 7.44. The molecule has 0 aliphatic heterocycles. The SMILES string of the molecule is CC/C(=C\C=C(/C)NC(=S)NC(=O)COc1ccccc1)Oc1ccnc2cc(OC)c(OC)cc12. The molecule has 3 rings (SSSR count). The molecule has 1 heterocycles. The second-order valence-electron chi connectivity index (χ2n) is 7.58. The first-order chi connectivity index (χ1) is 17.4. The number of carbonyl (C=O) groups is 1. The topological polar surface area (TPSA) is 90.9 Å². The molecule has 0 fully saturated rings. The van der Waals surface area contributed by atoms with E-state index in [9.17, 15) is 4.79 Å². The molecule has 1 aromatic heterocycles. The standard InChI is InChI=1S/C27H29N3O5S/c1-5-19(35-23-13-14-28-22-16-25(33-4)24(32-3)15-21(22)23)12-11-18(2)29-27(36)30-26(31)17-34-20-9-7-6-8-10-20/h6-16H,5,17H2,1-4H3,(H2,29,30,31,36)/b18-11+,19-12+. The second kappa shape index (κ2) is 13.1. The van der Waals surface area contributed by atoms with Crippen molar-refractivity contribution in [1.29, 1.82) is 0 Å². The van der Waals surface area contributed by atoms with Gasteiger partial charge in [-0.25, -0.2) is 0 Å². The van der Waals surface area contributed by atoms with Crippen LogP contribution >= 0.6 is 12.2 Å². The molecule has 2 aromatic carbocycles. The number of allylic oxidation sites excluding steroid dienone is 4. The van der Waals surface area contributed by atoms with Crippen LogP contribution < -0.4 is 29.6 Å². The van der Waals surface area contributed by atoms with E-state index in [0.717, 1.165) is 22.4 Å². The molecule has 3 aromatic rings. The van der Waals surface area contributed by atoms with Gasteiger partial charge in [0.25, 0.3) is 5.91 Å². The number of para-hydroxylation sites is 1. The summed E-state index contributed by atoms with van der Waals surface area (Å²) in [5.41, 5.74) is 1.45. The predicted molar refractivity (Wildman–Crippen MR) is 143 cm³/mol. The van der Waals surface area contributed by atoms with Gasteiger partial charge in [-0.3, -0.25) is 15.1 Å². The summed E-state index contributed by atoms with van der Waals surface area (Å²) in [5.74, 6) is 2.82. The number of thiocarbonyl (C=S) groups is 1. The van der Waals surface area contributed by atoms with Crippen LogP contribution in [0.2, 0.25) is 0 Å². The van der Waals surface area contributed by atoms with Crippen molar-refractivity contribution in [3.63, 3.8) is 0 Å². The highest BCUT2D eigenvalue weighted by Gasteiger charge is 2.12. The molecular weight excluding hydrogens is 478 g/mol. The lowest BCUT2D eigenvalue weighted by Crippen LogP contribution is -2.40. The number of hydrogen-bond donors (Lipinski definition) is 2. The minimum atomic E-state index is -0.353. The number of carbonyl (C=O) groups excluding carboxylic acids is 1. The Labute approximate surface area is 215 Å². The van der Waals surface area contributed by atoms with E-state index in [-0.39, 0.29) is 17.6 Å². The highest BCUT2D eigenvalue weighted by atomic mass is 32.1. The van der Waals surface area contributed by atoms with E-state index < -0.39 is 0 Å². The third-order valence-electron chi connectivity index (χ3n) is 4.99. The van der Waals surface area contributed by atoms with Gasteiger partial charge in [0.15, 0.2) is 23.2 Å². The van der Waals surface area contributed by atoms with Crippen molar-refractivity contribution in [3.8, 4) is 23.0 Å². The summed E-state index contributed by atoms with van der Waals surface area (Å²) in [6.07, 6.45) is 6.00. The number of methoxy groups -OCH3 is 2. The van der Waals surface area contributed by atoms with Gasteiger partial charge < -0.3 is 24.3 Å². The lowest BCUT2D eigenvalue weighted by atomic mass is 10.1. The van der Waals surface area contributed by atoms with Gasteiger partial charge in [0, 0.05) is 29.8 Å². The maximum atomic E-state index is 12.1. The van der Waals surface area contributed by atoms with Crippen LogP contribution in [0, 0.1) is 0 Å². The smallest absolute Gasteiger partial charge is 0.264 e. The normalized spacial score (nSPS) is 11.6. The van der Waals surface area contributed by atoms with Gasteiger partial charge in [-0.1, -0.05) is 25.1 Å². The summed E-state index contributed by atoms with van der Waals surface area (Å²) >= 11 is 5.23. The Balaban J connectivity index is 1.62. The van der Waals surface area contributed by atoms with E-state index in [2.05, 4.69) is 15.6 Å². The van der Waals surface area contributed by atoms with E-state index in [0.29, 0.717) is 29.4 Å². The lowest BCUT2D eigenvalue weighted by molar-refractivity contribution is -0.121. The molecule has 2 N–H and O–H groups in total. The lowest BCUT2D eigenvalue weighted by Gasteiger charge is -2.13. The molecule has 1 amide bonds. The maximum absolute atomic E-state index is 12.1. The predicted octanol–water partition coefficient (Wildman–Crippen LogP) is 4.90. The number of aromatic nitrogens is 1. The Hall–Kier alpha value is -4.11. The molecule has 188 valence electrons. The number of rotatable bonds is 10. The molecule has 0 radical (unpaired) electrons. The number of ether oxygens (including phenoxy) is 4. The number of nitrogens with one attached hydrogen (secondary N) is 2. The van der Waals surface area contributed by atoms with E-state index in [1.165, 1.54) is 0 Å². The van der Waals surface area contributed by atoms with Crippen LogP contribution in [0.15, 0.2) is 78.3 Å². The first-order valence-electron chi connectivity index (χ1n) is 11.3. The molecule has 36 heavy (non-hydrogen) atoms. The Bertz CT molecular complexity index is 1280. The minimum absolute atomic E-state index is 0.140. The van der Waals surface area contributed by atoms with E-state index in [1.54, 1.807) is 38.6 Å². The van der Waals surface area contributed by atoms with Crippen LogP contribution in [-0.4, -0.2) is 36.8 Å². The summed E-state index contributed by atoms with van der Waals surface area (Å²) in [6.45, 7) is 3.69. The van der Waals surface area contributed by atoms with E-state index >= 15 is 0 Å². The Morgan fingerprint density at radius 1 is 1.00 bits per heavy atom. The third-order valence-corrected chi connectivity index (χ3v) is 5.20. The molecule has 8 nitrogen and oxygen atoms in total. The van der Waals surface area contributed by atoms with Gasteiger partial charge in [0.2, 0.25) is 0 Å². The van der Waals surface area contributed by atoms with E-state index in [1.807, 2.05) is 56.3 Å². The average Bonchev–Trinajstić information content (AvgIpc) is 2.89. The van der Waals surface area contributed by atoms with Gasteiger partial charge in [0.1, 0.15) is 17.3 Å². The van der Waals surface area contributed by atoms with Gasteiger partial charge in [-0.05, 0) is 55.6 Å². The Morgan fingerprint density at radius 2 is 1.72 bits per heavy atom.